The fourth-order valence-electron chi connectivity index (χ4n) is 2.16. The maximum Gasteiger partial charge on any atom is 0.323 e. The molecular formula is C16H25NO3. The average molecular weight is 279 g/mol. The molecule has 0 aliphatic carbocycles. The molecule has 20 heavy (non-hydrogen) atoms. The van der Waals surface area contributed by atoms with E-state index in [-0.39, 0.29) is 0 Å². The van der Waals surface area contributed by atoms with Crippen LogP contribution in [0.15, 0.2) is 12.1 Å². The van der Waals surface area contributed by atoms with Crippen LogP contribution in [0.1, 0.15) is 42.9 Å². The Labute approximate surface area is 120 Å². The lowest BCUT2D eigenvalue weighted by Gasteiger charge is -2.22. The Morgan fingerprint density at radius 2 is 2.00 bits per heavy atom. The van der Waals surface area contributed by atoms with Gasteiger partial charge in [0.25, 0.3) is 0 Å². The third-order valence-corrected chi connectivity index (χ3v) is 3.85. The molecule has 0 radical (unpaired) electrons. The molecule has 3 N–H and O–H groups in total. The number of carbonyl (C=O) groups is 1. The van der Waals surface area contributed by atoms with E-state index in [4.69, 9.17) is 15.6 Å². The lowest BCUT2D eigenvalue weighted by Crippen LogP contribution is -2.47. The van der Waals surface area contributed by atoms with Gasteiger partial charge in [-0.3, -0.25) is 4.79 Å². The molecule has 1 unspecified atom stereocenters. The molecule has 0 aliphatic heterocycles. The summed E-state index contributed by atoms with van der Waals surface area (Å²) in [6.45, 7) is 8.40. The van der Waals surface area contributed by atoms with Gasteiger partial charge in [0.1, 0.15) is 11.3 Å². The summed E-state index contributed by atoms with van der Waals surface area (Å²) < 4.78 is 5.77. The maximum atomic E-state index is 11.1. The monoisotopic (exact) mass is 279 g/mol. The standard InChI is InChI=1S/C16H25NO3/c1-5-16(17,15(18)19)7-6-8-20-14-10-11(2)9-12(3)13(14)4/h9-10H,5-8,17H2,1-4H3,(H,18,19). The van der Waals surface area contributed by atoms with Gasteiger partial charge >= 0.3 is 5.97 Å². The lowest BCUT2D eigenvalue weighted by molar-refractivity contribution is -0.143. The molecule has 4 heteroatoms. The number of hydrogen-bond acceptors (Lipinski definition) is 3. The van der Waals surface area contributed by atoms with Crippen LogP contribution in [-0.2, 0) is 4.79 Å². The van der Waals surface area contributed by atoms with Crippen LogP contribution in [0.25, 0.3) is 0 Å². The minimum atomic E-state index is -1.14. The van der Waals surface area contributed by atoms with E-state index in [0.717, 1.165) is 16.9 Å². The Morgan fingerprint density at radius 1 is 1.35 bits per heavy atom. The Kier molecular flexibility index (Phi) is 5.57. The van der Waals surface area contributed by atoms with Crippen molar-refractivity contribution in [1.82, 2.24) is 0 Å². The second-order valence-corrected chi connectivity index (χ2v) is 5.47. The van der Waals surface area contributed by atoms with Gasteiger partial charge in [-0.15, -0.1) is 0 Å². The molecule has 0 aliphatic rings. The topological polar surface area (TPSA) is 72.5 Å². The highest BCUT2D eigenvalue weighted by Crippen LogP contribution is 2.24. The molecule has 0 saturated heterocycles. The Hall–Kier alpha value is -1.55. The van der Waals surface area contributed by atoms with Crippen molar-refractivity contribution >= 4 is 5.97 Å². The highest BCUT2D eigenvalue weighted by atomic mass is 16.5. The van der Waals surface area contributed by atoms with E-state index >= 15 is 0 Å². The van der Waals surface area contributed by atoms with Crippen LogP contribution in [0, 0.1) is 20.8 Å². The minimum Gasteiger partial charge on any atom is -0.493 e. The van der Waals surface area contributed by atoms with Crippen LogP contribution in [0.3, 0.4) is 0 Å². The van der Waals surface area contributed by atoms with Crippen molar-refractivity contribution < 1.29 is 14.6 Å². The van der Waals surface area contributed by atoms with Gasteiger partial charge in [-0.05, 0) is 62.8 Å². The first kappa shape index (κ1) is 16.5. The van der Waals surface area contributed by atoms with Crippen LogP contribution in [-0.4, -0.2) is 23.2 Å². The van der Waals surface area contributed by atoms with Crippen LogP contribution in [0.4, 0.5) is 0 Å². The fraction of sp³-hybridized carbons (Fsp3) is 0.562. The Balaban J connectivity index is 2.56. The third-order valence-electron chi connectivity index (χ3n) is 3.85. The summed E-state index contributed by atoms with van der Waals surface area (Å²) in [5.74, 6) is -0.0699. The fourth-order valence-corrected chi connectivity index (χ4v) is 2.16. The Morgan fingerprint density at radius 3 is 2.55 bits per heavy atom. The van der Waals surface area contributed by atoms with E-state index in [0.29, 0.717) is 25.9 Å². The van der Waals surface area contributed by atoms with Gasteiger partial charge in [-0.2, -0.15) is 0 Å². The molecule has 1 aromatic rings. The van der Waals surface area contributed by atoms with Crippen molar-refractivity contribution in [2.75, 3.05) is 6.61 Å². The summed E-state index contributed by atoms with van der Waals surface area (Å²) in [7, 11) is 0. The van der Waals surface area contributed by atoms with E-state index in [1.54, 1.807) is 6.92 Å². The van der Waals surface area contributed by atoms with Crippen LogP contribution in [0.5, 0.6) is 5.75 Å². The zero-order valence-corrected chi connectivity index (χ0v) is 12.8. The maximum absolute atomic E-state index is 11.1. The van der Waals surface area contributed by atoms with Crippen molar-refractivity contribution in [2.24, 2.45) is 5.73 Å². The molecule has 0 fully saturated rings. The molecule has 0 heterocycles. The van der Waals surface area contributed by atoms with Gasteiger partial charge in [-0.1, -0.05) is 13.0 Å². The zero-order valence-electron chi connectivity index (χ0n) is 12.8. The number of ether oxygens (including phenoxy) is 1. The smallest absolute Gasteiger partial charge is 0.323 e. The minimum absolute atomic E-state index is 0.419. The highest BCUT2D eigenvalue weighted by molar-refractivity contribution is 5.78. The average Bonchev–Trinajstić information content (AvgIpc) is 2.39. The molecule has 4 nitrogen and oxygen atoms in total. The first-order valence-corrected chi connectivity index (χ1v) is 7.03. The van der Waals surface area contributed by atoms with E-state index in [2.05, 4.69) is 13.0 Å². The summed E-state index contributed by atoms with van der Waals surface area (Å²) in [5.41, 5.74) is 8.20. The van der Waals surface area contributed by atoms with Gasteiger partial charge in [0, 0.05) is 0 Å². The normalized spacial score (nSPS) is 13.8. The van der Waals surface area contributed by atoms with Crippen molar-refractivity contribution in [3.05, 3.63) is 28.8 Å². The number of rotatable bonds is 7. The van der Waals surface area contributed by atoms with Crippen LogP contribution >= 0.6 is 0 Å². The summed E-state index contributed by atoms with van der Waals surface area (Å²) in [6.07, 6.45) is 1.47. The summed E-state index contributed by atoms with van der Waals surface area (Å²) in [6, 6.07) is 4.13. The van der Waals surface area contributed by atoms with Gasteiger partial charge in [0.2, 0.25) is 0 Å². The summed E-state index contributed by atoms with van der Waals surface area (Å²) >= 11 is 0. The van der Waals surface area contributed by atoms with Crippen molar-refractivity contribution in [1.29, 1.82) is 0 Å². The zero-order chi connectivity index (χ0) is 15.3. The number of hydrogen-bond donors (Lipinski definition) is 2. The molecule has 1 aromatic carbocycles. The molecule has 1 atom stereocenters. The lowest BCUT2D eigenvalue weighted by atomic mass is 9.92. The van der Waals surface area contributed by atoms with Gasteiger partial charge in [-0.25, -0.2) is 0 Å². The predicted octanol–water partition coefficient (Wildman–Crippen LogP) is 2.96. The molecule has 0 bridgehead atoms. The molecule has 112 valence electrons. The van der Waals surface area contributed by atoms with Crippen molar-refractivity contribution in [2.45, 2.75) is 52.5 Å². The summed E-state index contributed by atoms with van der Waals surface area (Å²) in [4.78, 5) is 11.1. The van der Waals surface area contributed by atoms with Crippen molar-refractivity contribution in [3.8, 4) is 5.75 Å². The Bertz CT molecular complexity index is 485. The van der Waals surface area contributed by atoms with Gasteiger partial charge in [0.15, 0.2) is 0 Å². The number of carboxylic acid groups (broad SMARTS) is 1. The second-order valence-electron chi connectivity index (χ2n) is 5.47. The van der Waals surface area contributed by atoms with Crippen molar-refractivity contribution in [3.63, 3.8) is 0 Å². The number of aliphatic carboxylic acids is 1. The molecule has 1 rings (SSSR count). The number of benzene rings is 1. The van der Waals surface area contributed by atoms with Gasteiger partial charge in [0.05, 0.1) is 6.61 Å². The third kappa shape index (κ3) is 3.97. The molecule has 0 amide bonds. The number of nitrogens with two attached hydrogens (primary N) is 1. The highest BCUT2D eigenvalue weighted by Gasteiger charge is 2.31. The molecular weight excluding hydrogens is 254 g/mol. The van der Waals surface area contributed by atoms with Gasteiger partial charge < -0.3 is 15.6 Å². The summed E-state index contributed by atoms with van der Waals surface area (Å²) in [5, 5.41) is 9.10. The number of aryl methyl sites for hydroxylation is 2. The quantitative estimate of drug-likeness (QED) is 0.753. The van der Waals surface area contributed by atoms with E-state index < -0.39 is 11.5 Å². The largest absolute Gasteiger partial charge is 0.493 e. The first-order chi connectivity index (χ1) is 9.30. The SMILES string of the molecule is CCC(N)(CCCOc1cc(C)cc(C)c1C)C(=O)O. The van der Waals surface area contributed by atoms with E-state index in [9.17, 15) is 4.79 Å². The first-order valence-electron chi connectivity index (χ1n) is 7.03. The van der Waals surface area contributed by atoms with Crippen LogP contribution < -0.4 is 10.5 Å². The van der Waals surface area contributed by atoms with E-state index in [1.165, 1.54) is 5.56 Å². The molecule has 0 aromatic heterocycles. The molecule has 0 spiro atoms. The van der Waals surface area contributed by atoms with Crippen LogP contribution in [0.2, 0.25) is 0 Å². The second kappa shape index (κ2) is 6.75. The number of carboxylic acids is 1. The molecule has 0 saturated carbocycles. The van der Waals surface area contributed by atoms with E-state index in [1.807, 2.05) is 19.9 Å². The predicted molar refractivity (Wildman–Crippen MR) is 80.2 cm³/mol.